The fourth-order valence-corrected chi connectivity index (χ4v) is 4.65. The molecule has 5 heteroatoms. The van der Waals surface area contributed by atoms with Crippen LogP contribution in [0.3, 0.4) is 0 Å². The van der Waals surface area contributed by atoms with Gasteiger partial charge in [0.1, 0.15) is 0 Å². The first kappa shape index (κ1) is 22.5. The summed E-state index contributed by atoms with van der Waals surface area (Å²) in [7, 11) is 0. The van der Waals surface area contributed by atoms with Crippen LogP contribution in [-0.2, 0) is 10.8 Å². The third-order valence-electron chi connectivity index (χ3n) is 6.06. The van der Waals surface area contributed by atoms with Crippen LogP contribution in [0.25, 0.3) is 44.4 Å². The van der Waals surface area contributed by atoms with Crippen LogP contribution in [0.15, 0.2) is 70.5 Å². The Balaban J connectivity index is 1.66. The molecule has 0 fully saturated rings. The highest BCUT2D eigenvalue weighted by atomic mass is 32.1. The van der Waals surface area contributed by atoms with Gasteiger partial charge in [0.25, 0.3) is 0 Å². The Morgan fingerprint density at radius 2 is 1.41 bits per heavy atom. The van der Waals surface area contributed by atoms with Crippen molar-refractivity contribution in [1.29, 1.82) is 0 Å². The van der Waals surface area contributed by atoms with E-state index in [2.05, 4.69) is 93.5 Å². The average Bonchev–Trinajstić information content (AvgIpc) is 3.49. The number of benzene rings is 2. The van der Waals surface area contributed by atoms with Crippen molar-refractivity contribution in [1.82, 2.24) is 15.2 Å². The minimum absolute atomic E-state index is 0.00969. The lowest BCUT2D eigenvalue weighted by Gasteiger charge is -2.25. The highest BCUT2D eigenvalue weighted by Gasteiger charge is 2.23. The minimum Gasteiger partial charge on any atom is -0.416 e. The van der Waals surface area contributed by atoms with Gasteiger partial charge < -0.3 is 4.42 Å². The standard InChI is InChI=1S/C29H29N3OS/c1-28(2,3)19-14-18(15-20(16-19)29(4,5)6)26-31-32-27(33-26)22-17-24(25-12-9-13-34-25)30-23-11-8-7-10-21(22)23/h7-17H,1-6H3. The third-order valence-corrected chi connectivity index (χ3v) is 6.95. The highest BCUT2D eigenvalue weighted by molar-refractivity contribution is 7.13. The molecule has 34 heavy (non-hydrogen) atoms. The molecule has 0 amide bonds. The molecule has 172 valence electrons. The molecule has 0 aliphatic rings. The lowest BCUT2D eigenvalue weighted by molar-refractivity contribution is 0.564. The van der Waals surface area contributed by atoms with E-state index < -0.39 is 0 Å². The first-order chi connectivity index (χ1) is 16.1. The molecule has 3 heterocycles. The van der Waals surface area contributed by atoms with Crippen molar-refractivity contribution < 1.29 is 4.42 Å². The Morgan fingerprint density at radius 3 is 2.06 bits per heavy atom. The molecule has 0 N–H and O–H groups in total. The maximum Gasteiger partial charge on any atom is 0.248 e. The summed E-state index contributed by atoms with van der Waals surface area (Å²) in [6.45, 7) is 13.4. The summed E-state index contributed by atoms with van der Waals surface area (Å²) in [6.07, 6.45) is 0. The van der Waals surface area contributed by atoms with Gasteiger partial charge in [0.2, 0.25) is 11.8 Å². The van der Waals surface area contributed by atoms with E-state index in [9.17, 15) is 0 Å². The predicted molar refractivity (Wildman–Crippen MR) is 141 cm³/mol. The number of hydrogen-bond acceptors (Lipinski definition) is 5. The molecular weight excluding hydrogens is 438 g/mol. The van der Waals surface area contributed by atoms with Gasteiger partial charge in [0, 0.05) is 10.9 Å². The van der Waals surface area contributed by atoms with Gasteiger partial charge in [-0.25, -0.2) is 4.98 Å². The topological polar surface area (TPSA) is 51.8 Å². The summed E-state index contributed by atoms with van der Waals surface area (Å²) in [6, 6.07) is 20.9. The van der Waals surface area contributed by atoms with Gasteiger partial charge in [-0.2, -0.15) is 0 Å². The van der Waals surface area contributed by atoms with Crippen LogP contribution in [-0.4, -0.2) is 15.2 Å². The van der Waals surface area contributed by atoms with E-state index in [1.807, 2.05) is 24.3 Å². The lowest BCUT2D eigenvalue weighted by Crippen LogP contribution is -2.16. The quantitative estimate of drug-likeness (QED) is 0.268. The van der Waals surface area contributed by atoms with Crippen LogP contribution in [0.5, 0.6) is 0 Å². The second-order valence-corrected chi connectivity index (χ2v) is 11.7. The smallest absolute Gasteiger partial charge is 0.248 e. The van der Waals surface area contributed by atoms with Crippen molar-refractivity contribution >= 4 is 22.2 Å². The van der Waals surface area contributed by atoms with Crippen LogP contribution in [0.2, 0.25) is 0 Å². The molecule has 0 atom stereocenters. The molecule has 3 aromatic heterocycles. The molecule has 0 saturated heterocycles. The van der Waals surface area contributed by atoms with Crippen LogP contribution in [0.4, 0.5) is 0 Å². The van der Waals surface area contributed by atoms with E-state index in [0.29, 0.717) is 11.8 Å². The Kier molecular flexibility index (Phi) is 5.40. The molecule has 0 saturated carbocycles. The minimum atomic E-state index is 0.00969. The Bertz CT molecular complexity index is 1440. The number of fused-ring (bicyclic) bond motifs is 1. The second-order valence-electron chi connectivity index (χ2n) is 10.8. The zero-order valence-electron chi connectivity index (χ0n) is 20.5. The Labute approximate surface area is 204 Å². The zero-order chi connectivity index (χ0) is 24.1. The summed E-state index contributed by atoms with van der Waals surface area (Å²) in [4.78, 5) is 5.98. The van der Waals surface area contributed by atoms with E-state index >= 15 is 0 Å². The molecule has 0 aliphatic carbocycles. The van der Waals surface area contributed by atoms with Gasteiger partial charge in [-0.3, -0.25) is 0 Å². The second kappa shape index (κ2) is 8.17. The molecule has 4 nitrogen and oxygen atoms in total. The largest absolute Gasteiger partial charge is 0.416 e. The summed E-state index contributed by atoms with van der Waals surface area (Å²) in [5.41, 5.74) is 6.20. The van der Waals surface area contributed by atoms with Crippen molar-refractivity contribution in [3.05, 3.63) is 77.2 Å². The lowest BCUT2D eigenvalue weighted by atomic mass is 9.79. The number of aromatic nitrogens is 3. The molecular formula is C29H29N3OS. The summed E-state index contributed by atoms with van der Waals surface area (Å²) in [5.74, 6) is 1.04. The van der Waals surface area contributed by atoms with Gasteiger partial charge in [-0.1, -0.05) is 71.9 Å². The molecule has 0 bridgehead atoms. The van der Waals surface area contributed by atoms with Gasteiger partial charge in [0.05, 0.1) is 21.7 Å². The number of hydrogen-bond donors (Lipinski definition) is 0. The molecule has 5 aromatic rings. The van der Waals surface area contributed by atoms with E-state index in [0.717, 1.165) is 32.6 Å². The SMILES string of the molecule is CC(C)(C)c1cc(-c2nnc(-c3cc(-c4cccs4)nc4ccccc34)o2)cc(C(C)(C)C)c1. The molecule has 0 aliphatic heterocycles. The molecule has 2 aromatic carbocycles. The molecule has 0 unspecified atom stereocenters. The highest BCUT2D eigenvalue weighted by Crippen LogP contribution is 2.36. The van der Waals surface area contributed by atoms with E-state index in [-0.39, 0.29) is 10.8 Å². The Morgan fingerprint density at radius 1 is 0.735 bits per heavy atom. The maximum atomic E-state index is 6.32. The average molecular weight is 468 g/mol. The van der Waals surface area contributed by atoms with Crippen LogP contribution >= 0.6 is 11.3 Å². The van der Waals surface area contributed by atoms with Crippen molar-refractivity contribution in [2.24, 2.45) is 0 Å². The van der Waals surface area contributed by atoms with Gasteiger partial charge in [0.15, 0.2) is 0 Å². The summed E-state index contributed by atoms with van der Waals surface area (Å²) in [5, 5.41) is 12.0. The molecule has 0 radical (unpaired) electrons. The van der Waals surface area contributed by atoms with Gasteiger partial charge in [-0.05, 0) is 57.7 Å². The van der Waals surface area contributed by atoms with E-state index in [4.69, 9.17) is 9.40 Å². The molecule has 0 spiro atoms. The van der Waals surface area contributed by atoms with Gasteiger partial charge >= 0.3 is 0 Å². The fraction of sp³-hybridized carbons (Fsp3) is 0.276. The monoisotopic (exact) mass is 467 g/mol. The van der Waals surface area contributed by atoms with Crippen molar-refractivity contribution in [2.45, 2.75) is 52.4 Å². The van der Waals surface area contributed by atoms with E-state index in [1.165, 1.54) is 11.1 Å². The predicted octanol–water partition coefficient (Wildman–Crippen LogP) is 8.28. The maximum absolute atomic E-state index is 6.32. The zero-order valence-corrected chi connectivity index (χ0v) is 21.3. The number of thiophene rings is 1. The normalized spacial score (nSPS) is 12.4. The first-order valence-corrected chi connectivity index (χ1v) is 12.4. The van der Waals surface area contributed by atoms with Crippen LogP contribution in [0, 0.1) is 0 Å². The van der Waals surface area contributed by atoms with E-state index in [1.54, 1.807) is 11.3 Å². The summed E-state index contributed by atoms with van der Waals surface area (Å²) >= 11 is 1.67. The third kappa shape index (κ3) is 4.28. The van der Waals surface area contributed by atoms with Crippen molar-refractivity contribution in [3.8, 4) is 33.5 Å². The molecule has 5 rings (SSSR count). The van der Waals surface area contributed by atoms with Crippen molar-refractivity contribution in [3.63, 3.8) is 0 Å². The van der Waals surface area contributed by atoms with Crippen LogP contribution < -0.4 is 0 Å². The summed E-state index contributed by atoms with van der Waals surface area (Å²) < 4.78 is 6.32. The van der Waals surface area contributed by atoms with Crippen molar-refractivity contribution in [2.75, 3.05) is 0 Å². The fourth-order valence-electron chi connectivity index (χ4n) is 3.97. The Hall–Kier alpha value is -3.31. The number of para-hydroxylation sites is 1. The number of pyridine rings is 1. The van der Waals surface area contributed by atoms with Crippen LogP contribution in [0.1, 0.15) is 52.7 Å². The van der Waals surface area contributed by atoms with Gasteiger partial charge in [-0.15, -0.1) is 21.5 Å². The number of nitrogens with zero attached hydrogens (tertiary/aromatic N) is 3. The number of rotatable bonds is 3. The first-order valence-electron chi connectivity index (χ1n) is 11.5.